The molecular weight excluding hydrogens is 362 g/mol. The van der Waals surface area contributed by atoms with Crippen LogP contribution >= 0.6 is 0 Å². The van der Waals surface area contributed by atoms with Crippen LogP contribution in [0.4, 0.5) is 11.6 Å². The van der Waals surface area contributed by atoms with Crippen molar-refractivity contribution in [3.05, 3.63) is 84.2 Å². The van der Waals surface area contributed by atoms with Crippen molar-refractivity contribution in [1.82, 2.24) is 19.8 Å². The number of carbonyl (C=O) groups excluding carboxylic acids is 1. The lowest BCUT2D eigenvalue weighted by Crippen LogP contribution is -2.47. The van der Waals surface area contributed by atoms with Gasteiger partial charge in [0, 0.05) is 44.3 Å². The molecule has 0 N–H and O–H groups in total. The van der Waals surface area contributed by atoms with E-state index in [0.29, 0.717) is 18.1 Å². The van der Waals surface area contributed by atoms with Crippen LogP contribution in [0, 0.1) is 0 Å². The van der Waals surface area contributed by atoms with Crippen molar-refractivity contribution < 1.29 is 4.79 Å². The van der Waals surface area contributed by atoms with E-state index in [-0.39, 0.29) is 5.91 Å². The molecule has 0 atom stereocenters. The average molecular weight is 387 g/mol. The molecule has 1 aliphatic heterocycles. The van der Waals surface area contributed by atoms with Gasteiger partial charge in [-0.25, -0.2) is 9.97 Å². The number of hydrogen-bond acceptors (Lipinski definition) is 5. The number of benzene rings is 2. The number of aromatic nitrogens is 2. The Hall–Kier alpha value is -3.25. The molecule has 148 valence electrons. The summed E-state index contributed by atoms with van der Waals surface area (Å²) in [6.07, 6.45) is 3.29. The Bertz CT molecular complexity index is 923. The second-order valence-corrected chi connectivity index (χ2v) is 7.27. The molecule has 4 rings (SSSR count). The fraction of sp³-hybridized carbons (Fsp3) is 0.261. The molecule has 1 aliphatic rings. The number of hydrogen-bond donors (Lipinski definition) is 0. The highest BCUT2D eigenvalue weighted by Crippen LogP contribution is 2.24. The van der Waals surface area contributed by atoms with Crippen molar-refractivity contribution in [2.75, 3.05) is 38.1 Å². The maximum atomic E-state index is 12.8. The highest BCUT2D eigenvalue weighted by atomic mass is 16.2. The molecule has 0 unspecified atom stereocenters. The highest BCUT2D eigenvalue weighted by molar-refractivity contribution is 5.93. The SMILES string of the molecule is CN1CCN(C(=O)c2cnc(N(Cc3ccccc3)c3ccccc3)nc2)CC1. The quantitative estimate of drug-likeness (QED) is 0.673. The maximum Gasteiger partial charge on any atom is 0.257 e. The zero-order chi connectivity index (χ0) is 20.1. The van der Waals surface area contributed by atoms with Crippen LogP contribution < -0.4 is 4.90 Å². The van der Waals surface area contributed by atoms with Crippen molar-refractivity contribution in [2.24, 2.45) is 0 Å². The number of likely N-dealkylation sites (N-methyl/N-ethyl adjacent to an activating group) is 1. The highest BCUT2D eigenvalue weighted by Gasteiger charge is 2.21. The zero-order valence-corrected chi connectivity index (χ0v) is 16.6. The van der Waals surface area contributed by atoms with Crippen LogP contribution in [0.15, 0.2) is 73.1 Å². The molecule has 29 heavy (non-hydrogen) atoms. The van der Waals surface area contributed by atoms with Crippen LogP contribution in [0.5, 0.6) is 0 Å². The van der Waals surface area contributed by atoms with Crippen molar-refractivity contribution in [3.63, 3.8) is 0 Å². The van der Waals surface area contributed by atoms with E-state index in [4.69, 9.17) is 0 Å². The molecule has 0 spiro atoms. The molecule has 2 aromatic carbocycles. The van der Waals surface area contributed by atoms with E-state index in [1.165, 1.54) is 0 Å². The number of piperazine rings is 1. The molecule has 1 saturated heterocycles. The summed E-state index contributed by atoms with van der Waals surface area (Å²) >= 11 is 0. The zero-order valence-electron chi connectivity index (χ0n) is 16.6. The number of carbonyl (C=O) groups is 1. The smallest absolute Gasteiger partial charge is 0.257 e. The maximum absolute atomic E-state index is 12.8. The van der Waals surface area contributed by atoms with Crippen molar-refractivity contribution in [3.8, 4) is 0 Å². The van der Waals surface area contributed by atoms with Gasteiger partial charge in [0.05, 0.1) is 12.1 Å². The predicted molar refractivity (Wildman–Crippen MR) is 114 cm³/mol. The number of amides is 1. The summed E-state index contributed by atoms with van der Waals surface area (Å²) < 4.78 is 0. The number of anilines is 2. The molecule has 0 bridgehead atoms. The van der Waals surface area contributed by atoms with Gasteiger partial charge in [-0.3, -0.25) is 4.79 Å². The van der Waals surface area contributed by atoms with Crippen LogP contribution in [-0.4, -0.2) is 58.9 Å². The number of rotatable bonds is 5. The first-order valence-corrected chi connectivity index (χ1v) is 9.87. The molecule has 3 aromatic rings. The Labute approximate surface area is 171 Å². The molecule has 0 radical (unpaired) electrons. The van der Waals surface area contributed by atoms with Gasteiger partial charge in [-0.15, -0.1) is 0 Å². The van der Waals surface area contributed by atoms with Crippen molar-refractivity contribution in [1.29, 1.82) is 0 Å². The first-order chi connectivity index (χ1) is 14.2. The van der Waals surface area contributed by atoms with E-state index < -0.39 is 0 Å². The van der Waals surface area contributed by atoms with Crippen molar-refractivity contribution >= 4 is 17.5 Å². The Kier molecular flexibility index (Phi) is 5.81. The van der Waals surface area contributed by atoms with Crippen LogP contribution in [0.3, 0.4) is 0 Å². The van der Waals surface area contributed by atoms with Crippen molar-refractivity contribution in [2.45, 2.75) is 6.54 Å². The lowest BCUT2D eigenvalue weighted by molar-refractivity contribution is 0.0663. The lowest BCUT2D eigenvalue weighted by atomic mass is 10.2. The van der Waals surface area contributed by atoms with E-state index in [9.17, 15) is 4.79 Å². The molecule has 0 saturated carbocycles. The second kappa shape index (κ2) is 8.84. The van der Waals surface area contributed by atoms with E-state index >= 15 is 0 Å². The minimum absolute atomic E-state index is 0.000953. The van der Waals surface area contributed by atoms with Crippen LogP contribution in [-0.2, 0) is 6.54 Å². The summed E-state index contributed by atoms with van der Waals surface area (Å²) in [7, 11) is 2.07. The predicted octanol–water partition coefficient (Wildman–Crippen LogP) is 3.20. The molecule has 1 fully saturated rings. The van der Waals surface area contributed by atoms with Gasteiger partial charge in [-0.05, 0) is 24.7 Å². The second-order valence-electron chi connectivity index (χ2n) is 7.27. The number of para-hydroxylation sites is 1. The third-order valence-corrected chi connectivity index (χ3v) is 5.17. The fourth-order valence-electron chi connectivity index (χ4n) is 3.41. The minimum Gasteiger partial charge on any atom is -0.336 e. The van der Waals surface area contributed by atoms with Crippen LogP contribution in [0.2, 0.25) is 0 Å². The van der Waals surface area contributed by atoms with Gasteiger partial charge >= 0.3 is 0 Å². The summed E-state index contributed by atoms with van der Waals surface area (Å²) in [5.74, 6) is 0.578. The Balaban J connectivity index is 1.56. The normalized spacial score (nSPS) is 14.6. The van der Waals surface area contributed by atoms with Gasteiger partial charge in [-0.1, -0.05) is 48.5 Å². The summed E-state index contributed by atoms with van der Waals surface area (Å²) in [5, 5.41) is 0. The molecule has 6 heteroatoms. The van der Waals surface area contributed by atoms with Gasteiger partial charge in [0.2, 0.25) is 5.95 Å². The summed E-state index contributed by atoms with van der Waals surface area (Å²) in [5.41, 5.74) is 2.71. The van der Waals surface area contributed by atoms with Gasteiger partial charge in [0.25, 0.3) is 5.91 Å². The number of nitrogens with zero attached hydrogens (tertiary/aromatic N) is 5. The lowest BCUT2D eigenvalue weighted by Gasteiger charge is -2.32. The van der Waals surface area contributed by atoms with E-state index in [0.717, 1.165) is 37.4 Å². The van der Waals surface area contributed by atoms with Gasteiger partial charge < -0.3 is 14.7 Å². The van der Waals surface area contributed by atoms with Crippen LogP contribution in [0.25, 0.3) is 0 Å². The average Bonchev–Trinajstić information content (AvgIpc) is 2.79. The largest absolute Gasteiger partial charge is 0.336 e. The standard InChI is InChI=1S/C23H25N5O/c1-26-12-14-27(15-13-26)22(29)20-16-24-23(25-17-20)28(21-10-6-3-7-11-21)18-19-8-4-2-5-9-19/h2-11,16-17H,12-15,18H2,1H3. The Morgan fingerprint density at radius 1 is 0.897 bits per heavy atom. The summed E-state index contributed by atoms with van der Waals surface area (Å²) in [4.78, 5) is 28.0. The van der Waals surface area contributed by atoms with E-state index in [1.54, 1.807) is 12.4 Å². The molecular formula is C23H25N5O. The monoisotopic (exact) mass is 387 g/mol. The molecule has 0 aliphatic carbocycles. The third-order valence-electron chi connectivity index (χ3n) is 5.17. The van der Waals surface area contributed by atoms with Crippen LogP contribution in [0.1, 0.15) is 15.9 Å². The topological polar surface area (TPSA) is 52.6 Å². The molecule has 1 amide bonds. The molecule has 1 aromatic heterocycles. The fourth-order valence-corrected chi connectivity index (χ4v) is 3.41. The van der Waals surface area contributed by atoms with Gasteiger partial charge in [0.1, 0.15) is 0 Å². The van der Waals surface area contributed by atoms with E-state index in [1.807, 2.05) is 53.4 Å². The molecule has 6 nitrogen and oxygen atoms in total. The van der Waals surface area contributed by atoms with Gasteiger partial charge in [0.15, 0.2) is 0 Å². The Morgan fingerprint density at radius 3 is 2.10 bits per heavy atom. The van der Waals surface area contributed by atoms with E-state index in [2.05, 4.69) is 38.9 Å². The first kappa shape index (κ1) is 19.1. The Morgan fingerprint density at radius 2 is 1.48 bits per heavy atom. The minimum atomic E-state index is -0.000953. The molecule has 2 heterocycles. The van der Waals surface area contributed by atoms with Gasteiger partial charge in [-0.2, -0.15) is 0 Å². The summed E-state index contributed by atoms with van der Waals surface area (Å²) in [6, 6.07) is 20.3. The first-order valence-electron chi connectivity index (χ1n) is 9.87. The third kappa shape index (κ3) is 4.60. The summed E-state index contributed by atoms with van der Waals surface area (Å²) in [6.45, 7) is 3.91.